The average molecular weight is 298 g/mol. The largest absolute Gasteiger partial charge is 0.313 e. The molecule has 0 radical (unpaired) electrons. The summed E-state index contributed by atoms with van der Waals surface area (Å²) in [6, 6.07) is 4.85. The van der Waals surface area contributed by atoms with Crippen molar-refractivity contribution < 1.29 is 4.39 Å². The van der Waals surface area contributed by atoms with E-state index in [2.05, 4.69) is 12.2 Å². The Balaban J connectivity index is 2.07. The molecular weight excluding hydrogens is 273 g/mol. The maximum Gasteiger partial charge on any atom is 0.123 e. The highest BCUT2D eigenvalue weighted by molar-refractivity contribution is 6.31. The van der Waals surface area contributed by atoms with Crippen molar-refractivity contribution in [2.24, 2.45) is 11.8 Å². The summed E-state index contributed by atoms with van der Waals surface area (Å²) >= 11 is 6.26. The molecule has 1 unspecified atom stereocenters. The Morgan fingerprint density at radius 1 is 1.30 bits per heavy atom. The first-order valence-electron chi connectivity index (χ1n) is 7.78. The molecule has 2 rings (SSSR count). The maximum atomic E-state index is 13.5. The monoisotopic (exact) mass is 297 g/mol. The van der Waals surface area contributed by atoms with Gasteiger partial charge in [0.15, 0.2) is 0 Å². The van der Waals surface area contributed by atoms with Gasteiger partial charge in [0, 0.05) is 11.1 Å². The lowest BCUT2D eigenvalue weighted by atomic mass is 9.75. The van der Waals surface area contributed by atoms with Crippen LogP contribution in [-0.2, 0) is 0 Å². The second kappa shape index (κ2) is 7.42. The predicted octanol–water partition coefficient (Wildman–Crippen LogP) is 5.35. The zero-order chi connectivity index (χ0) is 14.5. The summed E-state index contributed by atoms with van der Waals surface area (Å²) in [5.41, 5.74) is 0.910. The van der Waals surface area contributed by atoms with E-state index in [4.69, 9.17) is 11.6 Å². The molecule has 0 saturated heterocycles. The Labute approximate surface area is 126 Å². The van der Waals surface area contributed by atoms with Crippen molar-refractivity contribution in [2.45, 2.75) is 51.5 Å². The van der Waals surface area contributed by atoms with Gasteiger partial charge in [-0.3, -0.25) is 0 Å². The highest BCUT2D eigenvalue weighted by Crippen LogP contribution is 2.40. The number of halogens is 2. The quantitative estimate of drug-likeness (QED) is 0.773. The van der Waals surface area contributed by atoms with E-state index < -0.39 is 0 Å². The molecule has 1 aliphatic carbocycles. The van der Waals surface area contributed by atoms with Crippen molar-refractivity contribution in [1.82, 2.24) is 5.32 Å². The van der Waals surface area contributed by atoms with E-state index in [9.17, 15) is 4.39 Å². The molecule has 1 saturated carbocycles. The van der Waals surface area contributed by atoms with Gasteiger partial charge in [0.1, 0.15) is 5.82 Å². The summed E-state index contributed by atoms with van der Waals surface area (Å²) in [4.78, 5) is 0. The fraction of sp³-hybridized carbons (Fsp3) is 0.647. The molecule has 0 aliphatic heterocycles. The molecule has 1 aliphatic rings. The van der Waals surface area contributed by atoms with Crippen molar-refractivity contribution in [1.29, 1.82) is 0 Å². The van der Waals surface area contributed by atoms with Gasteiger partial charge in [-0.15, -0.1) is 0 Å². The fourth-order valence-electron chi connectivity index (χ4n) is 3.62. The third-order valence-electron chi connectivity index (χ3n) is 4.66. The molecule has 0 heterocycles. The van der Waals surface area contributed by atoms with E-state index in [1.54, 1.807) is 12.1 Å². The number of hydrogen-bond acceptors (Lipinski definition) is 1. The molecule has 1 atom stereocenters. The van der Waals surface area contributed by atoms with Crippen molar-refractivity contribution in [3.05, 3.63) is 34.6 Å². The second-order valence-corrected chi connectivity index (χ2v) is 6.41. The molecular formula is C17H25ClFN. The number of benzene rings is 1. The Morgan fingerprint density at radius 3 is 2.60 bits per heavy atom. The van der Waals surface area contributed by atoms with Crippen LogP contribution in [0.3, 0.4) is 0 Å². The van der Waals surface area contributed by atoms with Crippen molar-refractivity contribution >= 4 is 11.6 Å². The molecule has 1 nitrogen and oxygen atoms in total. The minimum absolute atomic E-state index is 0.167. The summed E-state index contributed by atoms with van der Waals surface area (Å²) in [5, 5.41) is 4.02. The maximum absolute atomic E-state index is 13.5. The van der Waals surface area contributed by atoms with Crippen molar-refractivity contribution in [3.63, 3.8) is 0 Å². The van der Waals surface area contributed by atoms with Crippen LogP contribution in [0.4, 0.5) is 4.39 Å². The van der Waals surface area contributed by atoms with Crippen LogP contribution in [0.15, 0.2) is 18.2 Å². The van der Waals surface area contributed by atoms with Gasteiger partial charge in [-0.25, -0.2) is 4.39 Å². The molecule has 0 amide bonds. The number of hydrogen-bond donors (Lipinski definition) is 1. The van der Waals surface area contributed by atoms with E-state index >= 15 is 0 Å². The SMILES string of the molecule is CCCC1CCC(C(NC)c2cc(F)ccc2Cl)CC1. The van der Waals surface area contributed by atoms with Crippen LogP contribution in [-0.4, -0.2) is 7.05 Å². The van der Waals surface area contributed by atoms with Crippen molar-refractivity contribution in [2.75, 3.05) is 7.05 Å². The van der Waals surface area contributed by atoms with E-state index in [0.717, 1.165) is 11.5 Å². The van der Waals surface area contributed by atoms with E-state index in [1.165, 1.54) is 44.6 Å². The third kappa shape index (κ3) is 3.73. The van der Waals surface area contributed by atoms with E-state index in [-0.39, 0.29) is 11.9 Å². The molecule has 112 valence electrons. The molecule has 0 bridgehead atoms. The minimum Gasteiger partial charge on any atom is -0.313 e. The van der Waals surface area contributed by atoms with Gasteiger partial charge < -0.3 is 5.32 Å². The Kier molecular flexibility index (Phi) is 5.86. The van der Waals surface area contributed by atoms with Crippen LogP contribution in [0.5, 0.6) is 0 Å². The van der Waals surface area contributed by atoms with Crippen LogP contribution in [0.25, 0.3) is 0 Å². The van der Waals surface area contributed by atoms with Crippen molar-refractivity contribution in [3.8, 4) is 0 Å². The molecule has 0 aromatic heterocycles. The normalized spacial score (nSPS) is 24.6. The van der Waals surface area contributed by atoms with Gasteiger partial charge in [0.05, 0.1) is 0 Å². The Morgan fingerprint density at radius 2 is 2.00 bits per heavy atom. The zero-order valence-electron chi connectivity index (χ0n) is 12.5. The van der Waals surface area contributed by atoms with E-state index in [1.807, 2.05) is 7.05 Å². The summed E-state index contributed by atoms with van der Waals surface area (Å²) in [6.45, 7) is 2.26. The van der Waals surface area contributed by atoms with Crippen LogP contribution >= 0.6 is 11.6 Å². The fourth-order valence-corrected chi connectivity index (χ4v) is 3.85. The summed E-state index contributed by atoms with van der Waals surface area (Å²) in [6.07, 6.45) is 7.64. The van der Waals surface area contributed by atoms with Gasteiger partial charge >= 0.3 is 0 Å². The number of nitrogens with one attached hydrogen (secondary N) is 1. The highest BCUT2D eigenvalue weighted by atomic mass is 35.5. The highest BCUT2D eigenvalue weighted by Gasteiger charge is 2.28. The Hall–Kier alpha value is -0.600. The Bertz CT molecular complexity index is 427. The third-order valence-corrected chi connectivity index (χ3v) is 5.01. The van der Waals surface area contributed by atoms with Crippen LogP contribution in [0.2, 0.25) is 5.02 Å². The standard InChI is InChI=1S/C17H25ClFN/c1-3-4-12-5-7-13(8-6-12)17(20-2)15-11-14(19)9-10-16(15)18/h9-13,17,20H,3-8H2,1-2H3. The lowest BCUT2D eigenvalue weighted by Gasteiger charge is -2.34. The summed E-state index contributed by atoms with van der Waals surface area (Å²) in [5.74, 6) is 1.24. The lowest BCUT2D eigenvalue weighted by molar-refractivity contribution is 0.219. The lowest BCUT2D eigenvalue weighted by Crippen LogP contribution is -2.29. The van der Waals surface area contributed by atoms with Crippen LogP contribution in [0.1, 0.15) is 57.1 Å². The predicted molar refractivity (Wildman–Crippen MR) is 83.6 cm³/mol. The van der Waals surface area contributed by atoms with Gasteiger partial charge in [0.25, 0.3) is 0 Å². The van der Waals surface area contributed by atoms with Crippen LogP contribution < -0.4 is 5.32 Å². The average Bonchev–Trinajstić information content (AvgIpc) is 2.45. The van der Waals surface area contributed by atoms with Gasteiger partial charge in [-0.05, 0) is 55.5 Å². The first-order valence-corrected chi connectivity index (χ1v) is 8.15. The van der Waals surface area contributed by atoms with Gasteiger partial charge in [-0.1, -0.05) is 44.2 Å². The molecule has 1 aromatic carbocycles. The molecule has 1 aromatic rings. The van der Waals surface area contributed by atoms with Gasteiger partial charge in [-0.2, -0.15) is 0 Å². The molecule has 1 fully saturated rings. The molecule has 20 heavy (non-hydrogen) atoms. The zero-order valence-corrected chi connectivity index (χ0v) is 13.2. The number of rotatable bonds is 5. The van der Waals surface area contributed by atoms with Crippen LogP contribution in [0, 0.1) is 17.7 Å². The van der Waals surface area contributed by atoms with E-state index in [0.29, 0.717) is 10.9 Å². The smallest absolute Gasteiger partial charge is 0.123 e. The molecule has 3 heteroatoms. The van der Waals surface area contributed by atoms with Gasteiger partial charge in [0.2, 0.25) is 0 Å². The topological polar surface area (TPSA) is 12.0 Å². The molecule has 0 spiro atoms. The first-order chi connectivity index (χ1) is 9.65. The minimum atomic E-state index is -0.204. The first kappa shape index (κ1) is 15.8. The summed E-state index contributed by atoms with van der Waals surface area (Å²) < 4.78 is 13.5. The summed E-state index contributed by atoms with van der Waals surface area (Å²) in [7, 11) is 1.95. The molecule has 1 N–H and O–H groups in total. The second-order valence-electron chi connectivity index (χ2n) is 6.00.